The normalized spacial score (nSPS) is 14.9. The van der Waals surface area contributed by atoms with Gasteiger partial charge in [-0.25, -0.2) is 0 Å². The summed E-state index contributed by atoms with van der Waals surface area (Å²) in [7, 11) is 0. The molecule has 0 aliphatic carbocycles. The Bertz CT molecular complexity index is 341. The first-order valence-corrected chi connectivity index (χ1v) is 5.46. The van der Waals surface area contributed by atoms with Crippen LogP contribution in [-0.2, 0) is 6.42 Å². The van der Waals surface area contributed by atoms with Gasteiger partial charge in [-0.05, 0) is 68.4 Å². The van der Waals surface area contributed by atoms with Gasteiger partial charge in [0.05, 0.1) is 0 Å². The Balaban J connectivity index is 2.71. The number of hydrogen-bond acceptors (Lipinski definition) is 1. The van der Waals surface area contributed by atoms with E-state index in [1.165, 1.54) is 40.8 Å². The van der Waals surface area contributed by atoms with Crippen molar-refractivity contribution in [1.82, 2.24) is 0 Å². The zero-order valence-electron chi connectivity index (χ0n) is 9.62. The Morgan fingerprint density at radius 2 is 1.50 bits per heavy atom. The van der Waals surface area contributed by atoms with Gasteiger partial charge in [-0.3, -0.25) is 0 Å². The van der Waals surface area contributed by atoms with Gasteiger partial charge in [0.2, 0.25) is 0 Å². The van der Waals surface area contributed by atoms with Crippen molar-refractivity contribution in [3.63, 3.8) is 0 Å². The molecule has 1 heterocycles. The number of rotatable bonds is 0. The van der Waals surface area contributed by atoms with Gasteiger partial charge in [0.1, 0.15) is 0 Å². The van der Waals surface area contributed by atoms with Crippen molar-refractivity contribution in [2.24, 2.45) is 0 Å². The third kappa shape index (κ3) is 1.23. The summed E-state index contributed by atoms with van der Waals surface area (Å²) < 4.78 is 0. The summed E-state index contributed by atoms with van der Waals surface area (Å²) in [5.74, 6) is 0. The highest BCUT2D eigenvalue weighted by molar-refractivity contribution is 5.66. The molecule has 1 aliphatic rings. The summed E-state index contributed by atoms with van der Waals surface area (Å²) in [4.78, 5) is 0. The van der Waals surface area contributed by atoms with Crippen LogP contribution in [0.2, 0.25) is 0 Å². The number of fused-ring (bicyclic) bond motifs is 1. The van der Waals surface area contributed by atoms with E-state index in [1.54, 1.807) is 5.56 Å². The molecule has 1 aliphatic heterocycles. The van der Waals surface area contributed by atoms with Crippen molar-refractivity contribution in [1.29, 1.82) is 0 Å². The lowest BCUT2D eigenvalue weighted by atomic mass is 9.88. The van der Waals surface area contributed by atoms with E-state index in [9.17, 15) is 0 Å². The standard InChI is InChI=1S/C13H19N/c1-8-9(2)11(4)13-12(10(8)3)6-5-7-14-13/h14H,5-7H2,1-4H3. The molecule has 0 fully saturated rings. The summed E-state index contributed by atoms with van der Waals surface area (Å²) in [6.07, 6.45) is 2.52. The lowest BCUT2D eigenvalue weighted by Gasteiger charge is -2.25. The maximum Gasteiger partial charge on any atom is 0.0407 e. The monoisotopic (exact) mass is 189 g/mol. The average molecular weight is 189 g/mol. The third-order valence-electron chi connectivity index (χ3n) is 3.72. The second-order valence-corrected chi connectivity index (χ2v) is 4.38. The predicted molar refractivity (Wildman–Crippen MR) is 62.2 cm³/mol. The number of nitrogens with one attached hydrogen (secondary N) is 1. The van der Waals surface area contributed by atoms with E-state index in [4.69, 9.17) is 0 Å². The van der Waals surface area contributed by atoms with Crippen LogP contribution < -0.4 is 5.32 Å². The zero-order chi connectivity index (χ0) is 10.3. The van der Waals surface area contributed by atoms with E-state index in [-0.39, 0.29) is 0 Å². The van der Waals surface area contributed by atoms with E-state index in [0.29, 0.717) is 0 Å². The van der Waals surface area contributed by atoms with Crippen LogP contribution in [0.1, 0.15) is 34.2 Å². The summed E-state index contributed by atoms with van der Waals surface area (Å²) >= 11 is 0. The molecule has 1 heteroatoms. The topological polar surface area (TPSA) is 12.0 Å². The fraction of sp³-hybridized carbons (Fsp3) is 0.538. The van der Waals surface area contributed by atoms with E-state index >= 15 is 0 Å². The van der Waals surface area contributed by atoms with Crippen LogP contribution in [0.3, 0.4) is 0 Å². The SMILES string of the molecule is Cc1c(C)c(C)c2c(c1C)CCCN2. The molecule has 14 heavy (non-hydrogen) atoms. The molecular formula is C13H19N. The lowest BCUT2D eigenvalue weighted by Crippen LogP contribution is -2.16. The highest BCUT2D eigenvalue weighted by Crippen LogP contribution is 2.33. The number of benzene rings is 1. The third-order valence-corrected chi connectivity index (χ3v) is 3.72. The van der Waals surface area contributed by atoms with Crippen LogP contribution in [-0.4, -0.2) is 6.54 Å². The molecular weight excluding hydrogens is 170 g/mol. The van der Waals surface area contributed by atoms with E-state index in [2.05, 4.69) is 33.0 Å². The minimum atomic E-state index is 1.13. The van der Waals surface area contributed by atoms with Crippen molar-refractivity contribution in [3.8, 4) is 0 Å². The first kappa shape index (κ1) is 9.57. The van der Waals surface area contributed by atoms with Gasteiger partial charge in [-0.2, -0.15) is 0 Å². The smallest absolute Gasteiger partial charge is 0.0407 e. The van der Waals surface area contributed by atoms with Gasteiger partial charge >= 0.3 is 0 Å². The minimum absolute atomic E-state index is 1.13. The summed E-state index contributed by atoms with van der Waals surface area (Å²) in [6.45, 7) is 10.1. The van der Waals surface area contributed by atoms with Gasteiger partial charge in [-0.15, -0.1) is 0 Å². The molecule has 1 aromatic rings. The van der Waals surface area contributed by atoms with Gasteiger partial charge in [0.15, 0.2) is 0 Å². The zero-order valence-corrected chi connectivity index (χ0v) is 9.62. The van der Waals surface area contributed by atoms with E-state index < -0.39 is 0 Å². The van der Waals surface area contributed by atoms with Gasteiger partial charge in [0, 0.05) is 12.2 Å². The molecule has 1 nitrogen and oxygen atoms in total. The Kier molecular flexibility index (Phi) is 2.26. The molecule has 0 saturated heterocycles. The second-order valence-electron chi connectivity index (χ2n) is 4.38. The van der Waals surface area contributed by atoms with Gasteiger partial charge in [-0.1, -0.05) is 0 Å². The molecule has 0 saturated carbocycles. The fourth-order valence-corrected chi connectivity index (χ4v) is 2.42. The molecule has 0 spiro atoms. The highest BCUT2D eigenvalue weighted by atomic mass is 14.9. The molecule has 2 rings (SSSR count). The largest absolute Gasteiger partial charge is 0.385 e. The van der Waals surface area contributed by atoms with Crippen molar-refractivity contribution >= 4 is 5.69 Å². The predicted octanol–water partition coefficient (Wildman–Crippen LogP) is 3.28. The molecule has 0 radical (unpaired) electrons. The number of hydrogen-bond donors (Lipinski definition) is 1. The summed E-state index contributed by atoms with van der Waals surface area (Å²) in [5, 5.41) is 3.54. The van der Waals surface area contributed by atoms with Crippen LogP contribution in [0.4, 0.5) is 5.69 Å². The summed E-state index contributed by atoms with van der Waals surface area (Å²) in [5.41, 5.74) is 8.84. The Morgan fingerprint density at radius 1 is 0.857 bits per heavy atom. The van der Waals surface area contributed by atoms with Crippen LogP contribution >= 0.6 is 0 Å². The lowest BCUT2D eigenvalue weighted by molar-refractivity contribution is 0.817. The van der Waals surface area contributed by atoms with Crippen molar-refractivity contribution in [3.05, 3.63) is 27.8 Å². The van der Waals surface area contributed by atoms with Gasteiger partial charge in [0.25, 0.3) is 0 Å². The van der Waals surface area contributed by atoms with Crippen LogP contribution in [0, 0.1) is 27.7 Å². The summed E-state index contributed by atoms with van der Waals surface area (Å²) in [6, 6.07) is 0. The quantitative estimate of drug-likeness (QED) is 0.660. The molecule has 1 aromatic carbocycles. The molecule has 1 N–H and O–H groups in total. The Morgan fingerprint density at radius 3 is 2.21 bits per heavy atom. The van der Waals surface area contributed by atoms with Gasteiger partial charge < -0.3 is 5.32 Å². The van der Waals surface area contributed by atoms with Crippen LogP contribution in [0.5, 0.6) is 0 Å². The highest BCUT2D eigenvalue weighted by Gasteiger charge is 2.17. The first-order chi connectivity index (χ1) is 6.63. The molecule has 0 amide bonds. The average Bonchev–Trinajstić information content (AvgIpc) is 2.23. The maximum absolute atomic E-state index is 3.54. The Hall–Kier alpha value is -0.980. The molecule has 0 aromatic heterocycles. The van der Waals surface area contributed by atoms with Crippen molar-refractivity contribution < 1.29 is 0 Å². The van der Waals surface area contributed by atoms with Crippen LogP contribution in [0.25, 0.3) is 0 Å². The fourth-order valence-electron chi connectivity index (χ4n) is 2.42. The van der Waals surface area contributed by atoms with Crippen molar-refractivity contribution in [2.45, 2.75) is 40.5 Å². The van der Waals surface area contributed by atoms with E-state index in [0.717, 1.165) is 6.54 Å². The van der Waals surface area contributed by atoms with Crippen LogP contribution in [0.15, 0.2) is 0 Å². The molecule has 0 atom stereocenters. The Labute approximate surface area is 86.5 Å². The second kappa shape index (κ2) is 3.30. The molecule has 76 valence electrons. The minimum Gasteiger partial charge on any atom is -0.385 e. The molecule has 0 bridgehead atoms. The van der Waals surface area contributed by atoms with Crippen molar-refractivity contribution in [2.75, 3.05) is 11.9 Å². The maximum atomic E-state index is 3.54. The van der Waals surface area contributed by atoms with E-state index in [1.807, 2.05) is 0 Å². The molecule has 0 unspecified atom stereocenters. The number of anilines is 1. The first-order valence-electron chi connectivity index (χ1n) is 5.46.